The summed E-state index contributed by atoms with van der Waals surface area (Å²) >= 11 is 5.89. The van der Waals surface area contributed by atoms with Crippen LogP contribution in [0.25, 0.3) is 0 Å². The average Bonchev–Trinajstić information content (AvgIpc) is 2.31. The van der Waals surface area contributed by atoms with Gasteiger partial charge in [0.15, 0.2) is 0 Å². The molecule has 17 heavy (non-hydrogen) atoms. The van der Waals surface area contributed by atoms with Gasteiger partial charge in [-0.3, -0.25) is 0 Å². The molecule has 5 heteroatoms. The van der Waals surface area contributed by atoms with Gasteiger partial charge < -0.3 is 14.2 Å². The number of hydrogen-bond donors (Lipinski definition) is 0. The van der Waals surface area contributed by atoms with E-state index in [1.807, 2.05) is 12.1 Å². The molecule has 0 aromatic heterocycles. The van der Waals surface area contributed by atoms with Gasteiger partial charge >= 0.3 is 5.97 Å². The molecule has 0 aliphatic rings. The van der Waals surface area contributed by atoms with Gasteiger partial charge in [0.25, 0.3) is 0 Å². The predicted octanol–water partition coefficient (Wildman–Crippen LogP) is 2.30. The SMILES string of the molecule is CCOC(=O)COCCOc1ccccc1Cl. The number of carbonyl (C=O) groups excluding carboxylic acids is 1. The molecule has 0 saturated carbocycles. The Morgan fingerprint density at radius 1 is 1.29 bits per heavy atom. The molecule has 0 saturated heterocycles. The summed E-state index contributed by atoms with van der Waals surface area (Å²) in [6, 6.07) is 7.18. The van der Waals surface area contributed by atoms with Crippen LogP contribution in [0.5, 0.6) is 5.75 Å². The molecule has 0 aliphatic carbocycles. The van der Waals surface area contributed by atoms with Gasteiger partial charge in [0, 0.05) is 0 Å². The fourth-order valence-corrected chi connectivity index (χ4v) is 1.32. The first-order chi connectivity index (χ1) is 8.24. The summed E-state index contributed by atoms with van der Waals surface area (Å²) in [4.78, 5) is 10.9. The second-order valence-corrected chi connectivity index (χ2v) is 3.54. The molecule has 0 amide bonds. The van der Waals surface area contributed by atoms with Gasteiger partial charge in [-0.2, -0.15) is 0 Å². The maximum absolute atomic E-state index is 10.9. The van der Waals surface area contributed by atoms with Crippen molar-refractivity contribution in [2.24, 2.45) is 0 Å². The number of para-hydroxylation sites is 1. The summed E-state index contributed by atoms with van der Waals surface area (Å²) in [5.74, 6) is 0.235. The zero-order valence-electron chi connectivity index (χ0n) is 9.65. The molecule has 4 nitrogen and oxygen atoms in total. The van der Waals surface area contributed by atoms with Crippen LogP contribution in [0.15, 0.2) is 24.3 Å². The highest BCUT2D eigenvalue weighted by atomic mass is 35.5. The Hall–Kier alpha value is -1.26. The van der Waals surface area contributed by atoms with Crippen LogP contribution in [-0.4, -0.2) is 32.4 Å². The lowest BCUT2D eigenvalue weighted by molar-refractivity contribution is -0.148. The van der Waals surface area contributed by atoms with Crippen molar-refractivity contribution in [2.45, 2.75) is 6.92 Å². The molecule has 0 radical (unpaired) electrons. The molecule has 0 aliphatic heterocycles. The Bertz CT molecular complexity index is 354. The van der Waals surface area contributed by atoms with E-state index in [9.17, 15) is 4.79 Å². The Morgan fingerprint density at radius 2 is 2.06 bits per heavy atom. The van der Waals surface area contributed by atoms with Crippen molar-refractivity contribution in [2.75, 3.05) is 26.4 Å². The highest BCUT2D eigenvalue weighted by Crippen LogP contribution is 2.22. The molecule has 0 unspecified atom stereocenters. The highest BCUT2D eigenvalue weighted by molar-refractivity contribution is 6.32. The molecule has 0 atom stereocenters. The molecule has 0 bridgehead atoms. The molecule has 1 aromatic carbocycles. The van der Waals surface area contributed by atoms with Crippen molar-refractivity contribution in [3.8, 4) is 5.75 Å². The van der Waals surface area contributed by atoms with E-state index in [4.69, 9.17) is 25.8 Å². The third kappa shape index (κ3) is 5.56. The van der Waals surface area contributed by atoms with E-state index in [0.717, 1.165) is 0 Å². The number of halogens is 1. The van der Waals surface area contributed by atoms with Crippen molar-refractivity contribution in [3.63, 3.8) is 0 Å². The lowest BCUT2D eigenvalue weighted by Crippen LogP contribution is -2.15. The van der Waals surface area contributed by atoms with Crippen LogP contribution in [0.3, 0.4) is 0 Å². The van der Waals surface area contributed by atoms with Gasteiger partial charge in [-0.05, 0) is 19.1 Å². The molecule has 0 spiro atoms. The first-order valence-corrected chi connectivity index (χ1v) is 5.72. The standard InChI is InChI=1S/C12H15ClO4/c1-2-16-12(14)9-15-7-8-17-11-6-4-3-5-10(11)13/h3-6H,2,7-9H2,1H3. The lowest BCUT2D eigenvalue weighted by Gasteiger charge is -2.08. The Labute approximate surface area is 105 Å². The molecule has 1 aromatic rings. The summed E-state index contributed by atoms with van der Waals surface area (Å²) < 4.78 is 15.1. The van der Waals surface area contributed by atoms with Crippen molar-refractivity contribution in [3.05, 3.63) is 29.3 Å². The Balaban J connectivity index is 2.13. The maximum atomic E-state index is 10.9. The first kappa shape index (κ1) is 13.8. The number of ether oxygens (including phenoxy) is 3. The van der Waals surface area contributed by atoms with E-state index in [2.05, 4.69) is 0 Å². The third-order valence-corrected chi connectivity index (χ3v) is 2.16. The summed E-state index contributed by atoms with van der Waals surface area (Å²) in [5.41, 5.74) is 0. The smallest absolute Gasteiger partial charge is 0.332 e. The van der Waals surface area contributed by atoms with Crippen LogP contribution in [0.2, 0.25) is 5.02 Å². The minimum Gasteiger partial charge on any atom is -0.490 e. The second kappa shape index (κ2) is 7.92. The summed E-state index contributed by atoms with van der Waals surface area (Å²) in [6.45, 7) is 2.70. The Morgan fingerprint density at radius 3 is 2.76 bits per heavy atom. The van der Waals surface area contributed by atoms with Crippen LogP contribution in [0.1, 0.15) is 6.92 Å². The van der Waals surface area contributed by atoms with Gasteiger partial charge in [0.2, 0.25) is 0 Å². The van der Waals surface area contributed by atoms with Crippen LogP contribution in [0, 0.1) is 0 Å². The summed E-state index contributed by atoms with van der Waals surface area (Å²) in [6.07, 6.45) is 0. The quantitative estimate of drug-likeness (QED) is 0.556. The zero-order chi connectivity index (χ0) is 12.5. The van der Waals surface area contributed by atoms with Gasteiger partial charge in [-0.15, -0.1) is 0 Å². The molecule has 0 N–H and O–H groups in total. The number of benzene rings is 1. The average molecular weight is 259 g/mol. The van der Waals surface area contributed by atoms with Crippen LogP contribution >= 0.6 is 11.6 Å². The molecule has 1 rings (SSSR count). The lowest BCUT2D eigenvalue weighted by atomic mass is 10.3. The van der Waals surface area contributed by atoms with Crippen LogP contribution < -0.4 is 4.74 Å². The Kier molecular flexibility index (Phi) is 6.43. The fourth-order valence-electron chi connectivity index (χ4n) is 1.13. The normalized spacial score (nSPS) is 10.0. The topological polar surface area (TPSA) is 44.8 Å². The third-order valence-electron chi connectivity index (χ3n) is 1.85. The minimum atomic E-state index is -0.370. The van der Waals surface area contributed by atoms with Gasteiger partial charge in [-0.1, -0.05) is 23.7 Å². The van der Waals surface area contributed by atoms with E-state index in [0.29, 0.717) is 30.6 Å². The highest BCUT2D eigenvalue weighted by Gasteiger charge is 2.02. The zero-order valence-corrected chi connectivity index (χ0v) is 10.4. The summed E-state index contributed by atoms with van der Waals surface area (Å²) in [5, 5.41) is 0.554. The van der Waals surface area contributed by atoms with E-state index in [1.54, 1.807) is 19.1 Å². The van der Waals surface area contributed by atoms with E-state index in [1.165, 1.54) is 0 Å². The van der Waals surface area contributed by atoms with Gasteiger partial charge in [0.1, 0.15) is 19.0 Å². The van der Waals surface area contributed by atoms with Gasteiger partial charge in [-0.25, -0.2) is 4.79 Å². The van der Waals surface area contributed by atoms with Crippen molar-refractivity contribution in [1.82, 2.24) is 0 Å². The number of esters is 1. The van der Waals surface area contributed by atoms with Crippen molar-refractivity contribution < 1.29 is 19.0 Å². The molecule has 0 fully saturated rings. The van der Waals surface area contributed by atoms with Gasteiger partial charge in [0.05, 0.1) is 18.2 Å². The molecule has 94 valence electrons. The molecular formula is C12H15ClO4. The molecule has 0 heterocycles. The van der Waals surface area contributed by atoms with E-state index in [-0.39, 0.29) is 12.6 Å². The first-order valence-electron chi connectivity index (χ1n) is 5.34. The number of carbonyl (C=O) groups is 1. The van der Waals surface area contributed by atoms with E-state index >= 15 is 0 Å². The van der Waals surface area contributed by atoms with Crippen molar-refractivity contribution in [1.29, 1.82) is 0 Å². The number of hydrogen-bond acceptors (Lipinski definition) is 4. The summed E-state index contributed by atoms with van der Waals surface area (Å²) in [7, 11) is 0. The minimum absolute atomic E-state index is 0.0558. The number of rotatable bonds is 7. The van der Waals surface area contributed by atoms with E-state index < -0.39 is 0 Å². The van der Waals surface area contributed by atoms with Crippen molar-refractivity contribution >= 4 is 17.6 Å². The predicted molar refractivity (Wildman–Crippen MR) is 64.4 cm³/mol. The maximum Gasteiger partial charge on any atom is 0.332 e. The fraction of sp³-hybridized carbons (Fsp3) is 0.417. The van der Waals surface area contributed by atoms with Crippen LogP contribution in [0.4, 0.5) is 0 Å². The largest absolute Gasteiger partial charge is 0.490 e. The second-order valence-electron chi connectivity index (χ2n) is 3.14. The monoisotopic (exact) mass is 258 g/mol. The van der Waals surface area contributed by atoms with Crippen LogP contribution in [-0.2, 0) is 14.3 Å². The molecular weight excluding hydrogens is 244 g/mol.